The Morgan fingerprint density at radius 2 is 2.27 bits per heavy atom. The highest BCUT2D eigenvalue weighted by molar-refractivity contribution is 7.90. The maximum Gasteiger partial charge on any atom is 0.256 e. The Morgan fingerprint density at radius 1 is 1.50 bits per heavy atom. The summed E-state index contributed by atoms with van der Waals surface area (Å²) in [6.07, 6.45) is 7.68. The smallest absolute Gasteiger partial charge is 0.256 e. The molecule has 2 aliphatic rings. The number of nitrogens with one attached hydrogen (secondary N) is 1. The minimum Gasteiger partial charge on any atom is -0.348 e. The summed E-state index contributed by atoms with van der Waals surface area (Å²) in [5.74, 6) is 0.108. The van der Waals surface area contributed by atoms with Gasteiger partial charge in [-0.15, -0.1) is 4.40 Å². The van der Waals surface area contributed by atoms with Crippen LogP contribution in [0.25, 0.3) is 0 Å². The van der Waals surface area contributed by atoms with E-state index < -0.39 is 10.0 Å². The van der Waals surface area contributed by atoms with E-state index in [2.05, 4.69) is 16.6 Å². The zero-order chi connectivity index (χ0) is 16.2. The van der Waals surface area contributed by atoms with Gasteiger partial charge in [0.2, 0.25) is 0 Å². The molecule has 1 unspecified atom stereocenters. The average Bonchev–Trinajstić information content (AvgIpc) is 2.49. The van der Waals surface area contributed by atoms with Crippen LogP contribution in [-0.2, 0) is 14.8 Å². The van der Waals surface area contributed by atoms with Gasteiger partial charge in [-0.3, -0.25) is 4.79 Å². The molecule has 2 heterocycles. The third kappa shape index (κ3) is 4.17. The third-order valence-electron chi connectivity index (χ3n) is 3.61. The Morgan fingerprint density at radius 3 is 2.95 bits per heavy atom. The van der Waals surface area contributed by atoms with Crippen molar-refractivity contribution in [2.75, 3.05) is 18.8 Å². The quantitative estimate of drug-likeness (QED) is 0.721. The van der Waals surface area contributed by atoms with Gasteiger partial charge < -0.3 is 16.0 Å². The fourth-order valence-corrected chi connectivity index (χ4v) is 3.27. The Hall–Kier alpha value is -1.67. The molecule has 0 aromatic heterocycles. The highest BCUT2D eigenvalue weighted by atomic mass is 32.2. The van der Waals surface area contributed by atoms with E-state index in [0.717, 1.165) is 19.3 Å². The van der Waals surface area contributed by atoms with E-state index >= 15 is 0 Å². The van der Waals surface area contributed by atoms with Gasteiger partial charge in [0.1, 0.15) is 5.84 Å². The van der Waals surface area contributed by atoms with Gasteiger partial charge in [-0.25, -0.2) is 8.42 Å². The van der Waals surface area contributed by atoms with Gasteiger partial charge in [-0.1, -0.05) is 19.8 Å². The standard InChI is InChI=1S/C14H22N4O3S/c1-2-3-4-12(9-15)16-14(19)11-5-6-13-17-22(20,21)8-7-18(13)10-11/h5-6,10,12H,2-4,7-9,15H2,1H3,(H,16,19). The molecule has 0 aromatic rings. The Labute approximate surface area is 131 Å². The molecule has 8 heteroatoms. The first kappa shape index (κ1) is 16.7. The first-order valence-electron chi connectivity index (χ1n) is 7.45. The molecule has 0 aromatic carbocycles. The summed E-state index contributed by atoms with van der Waals surface area (Å²) < 4.78 is 26.6. The molecule has 7 nitrogen and oxygen atoms in total. The topological polar surface area (TPSA) is 105 Å². The number of sulfonamides is 1. The SMILES string of the molecule is CCCCC(CN)NC(=O)C1=CN2CCS(=O)(=O)N=C2C=C1. The number of amidine groups is 1. The molecular formula is C14H22N4O3S. The second kappa shape index (κ2) is 7.06. The molecule has 2 aliphatic heterocycles. The lowest BCUT2D eigenvalue weighted by Gasteiger charge is -2.27. The van der Waals surface area contributed by atoms with Crippen molar-refractivity contribution in [3.8, 4) is 0 Å². The molecule has 1 atom stereocenters. The number of fused-ring (bicyclic) bond motifs is 1. The van der Waals surface area contributed by atoms with Gasteiger partial charge in [-0.2, -0.15) is 0 Å². The number of carbonyl (C=O) groups is 1. The largest absolute Gasteiger partial charge is 0.348 e. The summed E-state index contributed by atoms with van der Waals surface area (Å²) in [7, 11) is -3.38. The molecule has 3 N–H and O–H groups in total. The molecule has 0 bridgehead atoms. The van der Waals surface area contributed by atoms with Crippen LogP contribution in [0.4, 0.5) is 0 Å². The van der Waals surface area contributed by atoms with E-state index in [4.69, 9.17) is 5.73 Å². The monoisotopic (exact) mass is 326 g/mol. The van der Waals surface area contributed by atoms with E-state index in [1.807, 2.05) is 0 Å². The average molecular weight is 326 g/mol. The minimum absolute atomic E-state index is 0.0430. The number of rotatable bonds is 6. The lowest BCUT2D eigenvalue weighted by molar-refractivity contribution is -0.117. The van der Waals surface area contributed by atoms with Crippen LogP contribution in [-0.4, -0.2) is 49.9 Å². The van der Waals surface area contributed by atoms with E-state index in [-0.39, 0.29) is 17.7 Å². The molecule has 0 saturated heterocycles. The summed E-state index contributed by atoms with van der Waals surface area (Å²) in [5.41, 5.74) is 6.16. The second-order valence-corrected chi connectivity index (χ2v) is 7.15. The van der Waals surface area contributed by atoms with E-state index in [1.54, 1.807) is 23.3 Å². The minimum atomic E-state index is -3.38. The molecule has 2 rings (SSSR count). The van der Waals surface area contributed by atoms with Gasteiger partial charge in [0.05, 0.1) is 11.3 Å². The highest BCUT2D eigenvalue weighted by Gasteiger charge is 2.25. The first-order valence-corrected chi connectivity index (χ1v) is 9.06. The van der Waals surface area contributed by atoms with Crippen molar-refractivity contribution < 1.29 is 13.2 Å². The molecule has 0 fully saturated rings. The van der Waals surface area contributed by atoms with Crippen LogP contribution in [0.1, 0.15) is 26.2 Å². The van der Waals surface area contributed by atoms with Crippen LogP contribution in [0, 0.1) is 0 Å². The number of nitrogens with two attached hydrogens (primary N) is 1. The zero-order valence-corrected chi connectivity index (χ0v) is 13.5. The van der Waals surface area contributed by atoms with Crippen LogP contribution >= 0.6 is 0 Å². The molecule has 22 heavy (non-hydrogen) atoms. The summed E-state index contributed by atoms with van der Waals surface area (Å²) in [4.78, 5) is 13.9. The van der Waals surface area contributed by atoms with E-state index in [1.165, 1.54) is 0 Å². The van der Waals surface area contributed by atoms with Crippen LogP contribution in [0.5, 0.6) is 0 Å². The van der Waals surface area contributed by atoms with Crippen LogP contribution < -0.4 is 11.1 Å². The van der Waals surface area contributed by atoms with E-state index in [0.29, 0.717) is 24.5 Å². The van der Waals surface area contributed by atoms with Gasteiger partial charge >= 0.3 is 0 Å². The van der Waals surface area contributed by atoms with Crippen LogP contribution in [0.3, 0.4) is 0 Å². The molecule has 0 radical (unpaired) electrons. The van der Waals surface area contributed by atoms with Crippen molar-refractivity contribution >= 4 is 21.8 Å². The molecule has 122 valence electrons. The molecular weight excluding hydrogens is 304 g/mol. The second-order valence-electron chi connectivity index (χ2n) is 5.40. The number of carbonyl (C=O) groups excluding carboxylic acids is 1. The number of nitrogens with zero attached hydrogens (tertiary/aromatic N) is 2. The Kier molecular flexibility index (Phi) is 5.36. The van der Waals surface area contributed by atoms with Crippen molar-refractivity contribution in [3.05, 3.63) is 23.9 Å². The van der Waals surface area contributed by atoms with Crippen molar-refractivity contribution in [1.29, 1.82) is 0 Å². The summed E-state index contributed by atoms with van der Waals surface area (Å²) in [5, 5.41) is 2.91. The lowest BCUT2D eigenvalue weighted by atomic mass is 10.1. The maximum atomic E-state index is 12.3. The zero-order valence-electron chi connectivity index (χ0n) is 12.7. The van der Waals surface area contributed by atoms with Crippen molar-refractivity contribution in [3.63, 3.8) is 0 Å². The molecule has 0 aliphatic carbocycles. The molecule has 0 spiro atoms. The normalized spacial score (nSPS) is 20.7. The first-order chi connectivity index (χ1) is 10.4. The Bertz CT molecular complexity index is 622. The lowest BCUT2D eigenvalue weighted by Crippen LogP contribution is -2.42. The summed E-state index contributed by atoms with van der Waals surface area (Å²) >= 11 is 0. The van der Waals surface area contributed by atoms with Gasteiger partial charge in [-0.05, 0) is 18.6 Å². The van der Waals surface area contributed by atoms with Crippen LogP contribution in [0.15, 0.2) is 28.3 Å². The van der Waals surface area contributed by atoms with Crippen molar-refractivity contribution in [2.24, 2.45) is 10.1 Å². The summed E-state index contributed by atoms with van der Waals surface area (Å²) in [6, 6.07) is -0.0430. The van der Waals surface area contributed by atoms with Gasteiger partial charge in [0.25, 0.3) is 15.9 Å². The van der Waals surface area contributed by atoms with Crippen LogP contribution in [0.2, 0.25) is 0 Å². The molecule has 0 saturated carbocycles. The number of hydrogen-bond donors (Lipinski definition) is 2. The summed E-state index contributed by atoms with van der Waals surface area (Å²) in [6.45, 7) is 2.79. The number of amides is 1. The van der Waals surface area contributed by atoms with Crippen molar-refractivity contribution in [1.82, 2.24) is 10.2 Å². The highest BCUT2D eigenvalue weighted by Crippen LogP contribution is 2.16. The predicted molar refractivity (Wildman–Crippen MR) is 85.7 cm³/mol. The van der Waals surface area contributed by atoms with Gasteiger partial charge in [0, 0.05) is 25.3 Å². The molecule has 1 amide bonds. The number of hydrogen-bond acceptors (Lipinski definition) is 5. The Balaban J connectivity index is 2.04. The predicted octanol–water partition coefficient (Wildman–Crippen LogP) is 0.118. The third-order valence-corrected chi connectivity index (χ3v) is 4.78. The van der Waals surface area contributed by atoms with E-state index in [9.17, 15) is 13.2 Å². The number of unbranched alkanes of at least 4 members (excludes halogenated alkanes) is 1. The van der Waals surface area contributed by atoms with Gasteiger partial charge in [0.15, 0.2) is 0 Å². The maximum absolute atomic E-state index is 12.3. The van der Waals surface area contributed by atoms with Crippen molar-refractivity contribution in [2.45, 2.75) is 32.2 Å². The fourth-order valence-electron chi connectivity index (χ4n) is 2.30. The fraction of sp³-hybridized carbons (Fsp3) is 0.571.